The smallest absolute Gasteiger partial charge is 0.326 e. The van der Waals surface area contributed by atoms with Gasteiger partial charge in [0.15, 0.2) is 0 Å². The minimum atomic E-state index is -0.651. The van der Waals surface area contributed by atoms with Crippen molar-refractivity contribution in [2.75, 3.05) is 5.32 Å². The average molecular weight is 487 g/mol. The van der Waals surface area contributed by atoms with Crippen LogP contribution in [0.1, 0.15) is 61.5 Å². The molecule has 33 heavy (non-hydrogen) atoms. The lowest BCUT2D eigenvalue weighted by molar-refractivity contribution is -0.130. The van der Waals surface area contributed by atoms with Gasteiger partial charge in [-0.05, 0) is 73.6 Å². The summed E-state index contributed by atoms with van der Waals surface area (Å²) in [5.74, 6) is -0.666. The van der Waals surface area contributed by atoms with Crippen LogP contribution in [0.4, 0.5) is 5.69 Å². The Morgan fingerprint density at radius 1 is 1.00 bits per heavy atom. The highest BCUT2D eigenvalue weighted by molar-refractivity contribution is 6.36. The monoisotopic (exact) mass is 486 g/mol. The highest BCUT2D eigenvalue weighted by Crippen LogP contribution is 2.71. The molecule has 2 aliphatic rings. The van der Waals surface area contributed by atoms with Gasteiger partial charge in [-0.25, -0.2) is 4.79 Å². The minimum absolute atomic E-state index is 0.0153. The quantitative estimate of drug-likeness (QED) is 0.374. The molecule has 2 aromatic rings. The normalized spacial score (nSPS) is 26.5. The van der Waals surface area contributed by atoms with Crippen molar-refractivity contribution in [3.05, 3.63) is 63.1 Å². The number of benzene rings is 2. The first-order chi connectivity index (χ1) is 15.4. The van der Waals surface area contributed by atoms with Gasteiger partial charge >= 0.3 is 5.97 Å². The van der Waals surface area contributed by atoms with Gasteiger partial charge in [0, 0.05) is 22.5 Å². The Bertz CT molecular complexity index is 1170. The van der Waals surface area contributed by atoms with Crippen molar-refractivity contribution >= 4 is 46.5 Å². The average Bonchev–Trinajstić information content (AvgIpc) is 3.02. The number of amides is 1. The summed E-state index contributed by atoms with van der Waals surface area (Å²) in [6.07, 6.45) is 1.98. The molecule has 5 nitrogen and oxygen atoms in total. The standard InChI is InChI=1S/C26H28Cl2N2O3/c1-15-10-16(2)12-18(11-15)29-23(32)26-9-8-25(5,24(26,3)4)21(14-26)30-33-22(31)19-7-6-17(27)13-20(19)28/h6-7,10-13H,8-9,14H2,1-5H3,(H,29,32)/b30-21-. The number of nitrogens with zero attached hydrogens (tertiary/aromatic N) is 1. The molecule has 1 N–H and O–H groups in total. The summed E-state index contributed by atoms with van der Waals surface area (Å²) in [4.78, 5) is 31.5. The van der Waals surface area contributed by atoms with Crippen molar-refractivity contribution < 1.29 is 14.4 Å². The molecule has 174 valence electrons. The molecule has 2 unspecified atom stereocenters. The van der Waals surface area contributed by atoms with Crippen molar-refractivity contribution in [2.24, 2.45) is 21.4 Å². The van der Waals surface area contributed by atoms with E-state index in [1.807, 2.05) is 26.0 Å². The lowest BCUT2D eigenvalue weighted by atomic mass is 9.64. The Morgan fingerprint density at radius 2 is 1.67 bits per heavy atom. The zero-order valence-corrected chi connectivity index (χ0v) is 21.0. The molecular formula is C26H28Cl2N2O3. The molecule has 4 rings (SSSR count). The summed E-state index contributed by atoms with van der Waals surface area (Å²) in [5.41, 5.74) is 2.55. The van der Waals surface area contributed by atoms with E-state index in [1.54, 1.807) is 6.07 Å². The molecule has 0 saturated heterocycles. The maximum atomic E-state index is 13.7. The van der Waals surface area contributed by atoms with Gasteiger partial charge in [-0.1, -0.05) is 55.2 Å². The van der Waals surface area contributed by atoms with Gasteiger partial charge in [0.1, 0.15) is 0 Å². The molecule has 0 radical (unpaired) electrons. The second kappa shape index (κ2) is 8.14. The van der Waals surface area contributed by atoms with E-state index in [9.17, 15) is 9.59 Å². The fourth-order valence-corrected chi connectivity index (χ4v) is 6.11. The van der Waals surface area contributed by atoms with Crippen molar-refractivity contribution in [3.63, 3.8) is 0 Å². The maximum absolute atomic E-state index is 13.7. The highest BCUT2D eigenvalue weighted by Gasteiger charge is 2.71. The lowest BCUT2D eigenvalue weighted by Crippen LogP contribution is -2.43. The van der Waals surface area contributed by atoms with Crippen LogP contribution in [0, 0.1) is 30.1 Å². The molecular weight excluding hydrogens is 459 g/mol. The van der Waals surface area contributed by atoms with Crippen LogP contribution in [-0.4, -0.2) is 17.6 Å². The topological polar surface area (TPSA) is 67.8 Å². The number of hydrogen-bond donors (Lipinski definition) is 1. The van der Waals surface area contributed by atoms with Crippen molar-refractivity contribution in [1.29, 1.82) is 0 Å². The minimum Gasteiger partial charge on any atom is -0.326 e. The van der Waals surface area contributed by atoms with Crippen LogP contribution in [0.5, 0.6) is 0 Å². The SMILES string of the molecule is Cc1cc(C)cc(NC(=O)C23CCC(C)(/C(=N\OC(=O)c4ccc(Cl)cc4Cl)C2)C3(C)C)c1. The van der Waals surface area contributed by atoms with Crippen LogP contribution in [0.2, 0.25) is 10.0 Å². The number of aryl methyl sites for hydroxylation is 2. The fourth-order valence-electron chi connectivity index (χ4n) is 5.62. The fraction of sp³-hybridized carbons (Fsp3) is 0.423. The van der Waals surface area contributed by atoms with Gasteiger partial charge in [0.25, 0.3) is 0 Å². The number of nitrogens with one attached hydrogen (secondary N) is 1. The summed E-state index contributed by atoms with van der Waals surface area (Å²) in [7, 11) is 0. The van der Waals surface area contributed by atoms with Crippen LogP contribution < -0.4 is 5.32 Å². The van der Waals surface area contributed by atoms with Crippen LogP contribution in [0.15, 0.2) is 41.6 Å². The molecule has 1 amide bonds. The second-order valence-electron chi connectivity index (χ2n) is 10.1. The lowest BCUT2D eigenvalue weighted by Gasteiger charge is -2.39. The Kier molecular flexibility index (Phi) is 5.86. The molecule has 2 aromatic carbocycles. The number of fused-ring (bicyclic) bond motifs is 2. The maximum Gasteiger partial charge on any atom is 0.367 e. The van der Waals surface area contributed by atoms with Crippen molar-refractivity contribution in [2.45, 2.75) is 53.9 Å². The Hall–Kier alpha value is -2.37. The molecule has 0 aromatic heterocycles. The Morgan fingerprint density at radius 3 is 2.30 bits per heavy atom. The van der Waals surface area contributed by atoms with E-state index in [2.05, 4.69) is 37.3 Å². The first kappa shape index (κ1) is 23.8. The third-order valence-corrected chi connectivity index (χ3v) is 8.59. The Labute approximate surface area is 204 Å². The third kappa shape index (κ3) is 3.75. The molecule has 2 aliphatic carbocycles. The molecule has 0 aliphatic heterocycles. The van der Waals surface area contributed by atoms with Crippen LogP contribution >= 0.6 is 23.2 Å². The van der Waals surface area contributed by atoms with Gasteiger partial charge < -0.3 is 10.2 Å². The zero-order chi connectivity index (χ0) is 24.2. The number of carbonyl (C=O) groups excluding carboxylic acids is 2. The number of anilines is 1. The van der Waals surface area contributed by atoms with Crippen LogP contribution in [0.25, 0.3) is 0 Å². The van der Waals surface area contributed by atoms with E-state index < -0.39 is 11.4 Å². The van der Waals surface area contributed by atoms with Gasteiger partial charge in [-0.2, -0.15) is 0 Å². The predicted octanol–water partition coefficient (Wildman–Crippen LogP) is 6.98. The molecule has 0 spiro atoms. The van der Waals surface area contributed by atoms with Crippen LogP contribution in [-0.2, 0) is 9.63 Å². The van der Waals surface area contributed by atoms with E-state index in [0.29, 0.717) is 11.4 Å². The zero-order valence-electron chi connectivity index (χ0n) is 19.5. The summed E-state index contributed by atoms with van der Waals surface area (Å²) in [6, 6.07) is 10.6. The number of rotatable bonds is 4. The van der Waals surface area contributed by atoms with E-state index in [0.717, 1.165) is 35.4 Å². The molecule has 2 atom stereocenters. The number of halogens is 2. The van der Waals surface area contributed by atoms with E-state index in [1.165, 1.54) is 12.1 Å². The van der Waals surface area contributed by atoms with Gasteiger partial charge in [-0.3, -0.25) is 4.79 Å². The van der Waals surface area contributed by atoms with Gasteiger partial charge in [0.2, 0.25) is 5.91 Å². The summed E-state index contributed by atoms with van der Waals surface area (Å²) >= 11 is 12.0. The van der Waals surface area contributed by atoms with E-state index in [-0.39, 0.29) is 27.3 Å². The van der Waals surface area contributed by atoms with Crippen molar-refractivity contribution in [3.8, 4) is 0 Å². The van der Waals surface area contributed by atoms with Crippen LogP contribution in [0.3, 0.4) is 0 Å². The van der Waals surface area contributed by atoms with Gasteiger partial charge in [-0.15, -0.1) is 0 Å². The first-order valence-electron chi connectivity index (χ1n) is 11.0. The van der Waals surface area contributed by atoms with Crippen molar-refractivity contribution in [1.82, 2.24) is 0 Å². The first-order valence-corrected chi connectivity index (χ1v) is 11.8. The number of hydrogen-bond acceptors (Lipinski definition) is 4. The molecule has 0 heterocycles. The van der Waals surface area contributed by atoms with E-state index >= 15 is 0 Å². The number of carbonyl (C=O) groups is 2. The number of oxime groups is 1. The molecule has 2 saturated carbocycles. The largest absolute Gasteiger partial charge is 0.367 e. The molecule has 2 fully saturated rings. The van der Waals surface area contributed by atoms with E-state index in [4.69, 9.17) is 28.0 Å². The second-order valence-corrected chi connectivity index (χ2v) is 10.9. The Balaban J connectivity index is 1.60. The molecule has 7 heteroatoms. The van der Waals surface area contributed by atoms with Gasteiger partial charge in [0.05, 0.1) is 21.7 Å². The predicted molar refractivity (Wildman–Crippen MR) is 132 cm³/mol. The summed E-state index contributed by atoms with van der Waals surface area (Å²) in [6.45, 7) is 10.4. The summed E-state index contributed by atoms with van der Waals surface area (Å²) < 4.78 is 0. The molecule has 2 bridgehead atoms. The summed E-state index contributed by atoms with van der Waals surface area (Å²) in [5, 5.41) is 8.06. The highest BCUT2D eigenvalue weighted by atomic mass is 35.5. The third-order valence-electron chi connectivity index (χ3n) is 8.04.